The standard InChI is InChI=1S/C11H12F4N2O2S/c12-7-4-8(13)10(15)11(9(7)14)20(18,19)17-5-6-2-1-3-16-6/h4,6,16-17H,1-3,5H2. The number of nitrogens with one attached hydrogen (secondary N) is 2. The summed E-state index contributed by atoms with van der Waals surface area (Å²) >= 11 is 0. The van der Waals surface area contributed by atoms with Crippen LogP contribution in [0.1, 0.15) is 12.8 Å². The van der Waals surface area contributed by atoms with Gasteiger partial charge in [0.05, 0.1) is 0 Å². The summed E-state index contributed by atoms with van der Waals surface area (Å²) in [5, 5.41) is 2.97. The van der Waals surface area contributed by atoms with E-state index < -0.39 is 38.2 Å². The highest BCUT2D eigenvalue weighted by Gasteiger charge is 2.30. The van der Waals surface area contributed by atoms with Crippen molar-refractivity contribution in [3.8, 4) is 0 Å². The van der Waals surface area contributed by atoms with Gasteiger partial charge in [0.2, 0.25) is 10.0 Å². The molecule has 1 aromatic carbocycles. The topological polar surface area (TPSA) is 58.2 Å². The Morgan fingerprint density at radius 2 is 1.80 bits per heavy atom. The van der Waals surface area contributed by atoms with Crippen LogP contribution >= 0.6 is 0 Å². The SMILES string of the molecule is O=S(=O)(NCC1CCCN1)c1c(F)c(F)cc(F)c1F. The van der Waals surface area contributed by atoms with Gasteiger partial charge < -0.3 is 5.32 Å². The van der Waals surface area contributed by atoms with Gasteiger partial charge in [-0.1, -0.05) is 0 Å². The Bertz CT molecular complexity index is 589. The molecule has 4 nitrogen and oxygen atoms in total. The number of rotatable bonds is 4. The molecule has 2 rings (SSSR count). The van der Waals surface area contributed by atoms with Crippen molar-refractivity contribution >= 4 is 10.0 Å². The molecule has 1 aromatic rings. The Labute approximate surface area is 113 Å². The van der Waals surface area contributed by atoms with Crippen molar-refractivity contribution < 1.29 is 26.0 Å². The van der Waals surface area contributed by atoms with Crippen molar-refractivity contribution in [2.75, 3.05) is 13.1 Å². The van der Waals surface area contributed by atoms with Gasteiger partial charge in [-0.15, -0.1) is 0 Å². The Hall–Kier alpha value is -1.19. The summed E-state index contributed by atoms with van der Waals surface area (Å²) in [6.45, 7) is 0.600. The molecule has 20 heavy (non-hydrogen) atoms. The lowest BCUT2D eigenvalue weighted by Crippen LogP contribution is -2.37. The van der Waals surface area contributed by atoms with Crippen LogP contribution in [0.15, 0.2) is 11.0 Å². The fraction of sp³-hybridized carbons (Fsp3) is 0.455. The predicted molar refractivity (Wildman–Crippen MR) is 62.5 cm³/mol. The first-order valence-electron chi connectivity index (χ1n) is 5.89. The van der Waals surface area contributed by atoms with E-state index >= 15 is 0 Å². The number of benzene rings is 1. The van der Waals surface area contributed by atoms with E-state index in [-0.39, 0.29) is 18.7 Å². The zero-order chi connectivity index (χ0) is 14.9. The normalized spacial score (nSPS) is 19.5. The van der Waals surface area contributed by atoms with E-state index in [9.17, 15) is 26.0 Å². The molecule has 1 fully saturated rings. The molecule has 0 aromatic heterocycles. The summed E-state index contributed by atoms with van der Waals surface area (Å²) in [6, 6.07) is -0.211. The van der Waals surface area contributed by atoms with Crippen LogP contribution in [0.3, 0.4) is 0 Å². The fourth-order valence-electron chi connectivity index (χ4n) is 2.00. The molecule has 2 N–H and O–H groups in total. The molecule has 9 heteroatoms. The van der Waals surface area contributed by atoms with Gasteiger partial charge in [-0.2, -0.15) is 0 Å². The smallest absolute Gasteiger partial charge is 0.246 e. The molecule has 0 aliphatic carbocycles. The van der Waals surface area contributed by atoms with Crippen LogP contribution in [0.4, 0.5) is 17.6 Å². The van der Waals surface area contributed by atoms with Crippen LogP contribution in [-0.2, 0) is 10.0 Å². The Kier molecular flexibility index (Phi) is 4.31. The monoisotopic (exact) mass is 312 g/mol. The van der Waals surface area contributed by atoms with Gasteiger partial charge in [0.15, 0.2) is 28.2 Å². The van der Waals surface area contributed by atoms with Gasteiger partial charge in [0.1, 0.15) is 0 Å². The van der Waals surface area contributed by atoms with Crippen LogP contribution in [-0.4, -0.2) is 27.5 Å². The molecular formula is C11H12F4N2O2S. The number of halogens is 4. The first kappa shape index (κ1) is 15.2. The molecule has 0 saturated carbocycles. The molecular weight excluding hydrogens is 300 g/mol. The molecule has 112 valence electrons. The van der Waals surface area contributed by atoms with Crippen LogP contribution < -0.4 is 10.0 Å². The van der Waals surface area contributed by atoms with Crippen molar-refractivity contribution in [3.63, 3.8) is 0 Å². The average Bonchev–Trinajstić information content (AvgIpc) is 2.87. The lowest BCUT2D eigenvalue weighted by atomic mass is 10.2. The van der Waals surface area contributed by atoms with Gasteiger partial charge in [0, 0.05) is 18.7 Å². The second kappa shape index (κ2) is 5.66. The van der Waals surface area contributed by atoms with Gasteiger partial charge in [-0.05, 0) is 19.4 Å². The van der Waals surface area contributed by atoms with Crippen LogP contribution in [0.5, 0.6) is 0 Å². The van der Waals surface area contributed by atoms with Crippen LogP contribution in [0.25, 0.3) is 0 Å². The Morgan fingerprint density at radius 1 is 1.20 bits per heavy atom. The zero-order valence-electron chi connectivity index (χ0n) is 10.2. The number of sulfonamides is 1. The number of hydrogen-bond acceptors (Lipinski definition) is 3. The van der Waals surface area contributed by atoms with Crippen molar-refractivity contribution in [1.82, 2.24) is 10.0 Å². The second-order valence-corrected chi connectivity index (χ2v) is 6.15. The van der Waals surface area contributed by atoms with Crippen molar-refractivity contribution in [1.29, 1.82) is 0 Å². The van der Waals surface area contributed by atoms with E-state index in [0.717, 1.165) is 6.42 Å². The molecule has 1 saturated heterocycles. The lowest BCUT2D eigenvalue weighted by molar-refractivity contribution is 0.417. The van der Waals surface area contributed by atoms with Gasteiger partial charge >= 0.3 is 0 Å². The minimum atomic E-state index is -4.67. The average molecular weight is 312 g/mol. The molecule has 1 atom stereocenters. The van der Waals surface area contributed by atoms with E-state index in [1.165, 1.54) is 0 Å². The Balaban J connectivity index is 2.29. The van der Waals surface area contributed by atoms with Crippen molar-refractivity contribution in [2.45, 2.75) is 23.8 Å². The molecule has 1 unspecified atom stereocenters. The summed E-state index contributed by atoms with van der Waals surface area (Å²) in [4.78, 5) is -1.63. The predicted octanol–water partition coefficient (Wildman–Crippen LogP) is 1.27. The molecule has 0 bridgehead atoms. The third-order valence-electron chi connectivity index (χ3n) is 3.02. The molecule has 0 spiro atoms. The van der Waals surface area contributed by atoms with E-state index in [2.05, 4.69) is 5.32 Å². The summed E-state index contributed by atoms with van der Waals surface area (Å²) in [5.41, 5.74) is 0. The highest BCUT2D eigenvalue weighted by molar-refractivity contribution is 7.89. The summed E-state index contributed by atoms with van der Waals surface area (Å²) in [5.74, 6) is -7.39. The van der Waals surface area contributed by atoms with Gasteiger partial charge in [-0.25, -0.2) is 30.7 Å². The lowest BCUT2D eigenvalue weighted by Gasteiger charge is -2.13. The van der Waals surface area contributed by atoms with Crippen molar-refractivity contribution in [3.05, 3.63) is 29.3 Å². The maximum atomic E-state index is 13.4. The molecule has 0 amide bonds. The molecule has 1 aliphatic rings. The Morgan fingerprint density at radius 3 is 2.30 bits per heavy atom. The van der Waals surface area contributed by atoms with E-state index in [1.54, 1.807) is 0 Å². The van der Waals surface area contributed by atoms with Crippen molar-refractivity contribution in [2.24, 2.45) is 0 Å². The third-order valence-corrected chi connectivity index (χ3v) is 4.46. The molecule has 1 aliphatic heterocycles. The quantitative estimate of drug-likeness (QED) is 0.650. The highest BCUT2D eigenvalue weighted by atomic mass is 32.2. The largest absolute Gasteiger partial charge is 0.313 e. The fourth-order valence-corrected chi connectivity index (χ4v) is 3.23. The van der Waals surface area contributed by atoms with E-state index in [1.807, 2.05) is 4.72 Å². The summed E-state index contributed by atoms with van der Waals surface area (Å²) < 4.78 is 78.4. The minimum Gasteiger partial charge on any atom is -0.313 e. The first-order chi connectivity index (χ1) is 9.33. The maximum absolute atomic E-state index is 13.4. The number of hydrogen-bond donors (Lipinski definition) is 2. The van der Waals surface area contributed by atoms with E-state index in [0.29, 0.717) is 13.0 Å². The third kappa shape index (κ3) is 2.94. The summed E-state index contributed by atoms with van der Waals surface area (Å²) in [7, 11) is -4.67. The first-order valence-corrected chi connectivity index (χ1v) is 7.37. The summed E-state index contributed by atoms with van der Waals surface area (Å²) in [6.07, 6.45) is 1.55. The van der Waals surface area contributed by atoms with Crippen LogP contribution in [0, 0.1) is 23.3 Å². The molecule has 1 heterocycles. The van der Waals surface area contributed by atoms with Gasteiger partial charge in [-0.3, -0.25) is 0 Å². The maximum Gasteiger partial charge on any atom is 0.246 e. The molecule has 0 radical (unpaired) electrons. The zero-order valence-corrected chi connectivity index (χ0v) is 11.0. The van der Waals surface area contributed by atoms with Crippen LogP contribution in [0.2, 0.25) is 0 Å². The minimum absolute atomic E-state index is 0.0395. The highest BCUT2D eigenvalue weighted by Crippen LogP contribution is 2.23. The second-order valence-electron chi connectivity index (χ2n) is 4.44. The van der Waals surface area contributed by atoms with Gasteiger partial charge in [0.25, 0.3) is 0 Å². The van der Waals surface area contributed by atoms with E-state index in [4.69, 9.17) is 0 Å².